The van der Waals surface area contributed by atoms with E-state index in [0.29, 0.717) is 29.6 Å². The minimum Gasteiger partial charge on any atom is -0.494 e. The van der Waals surface area contributed by atoms with E-state index in [1.54, 1.807) is 12.1 Å². The summed E-state index contributed by atoms with van der Waals surface area (Å²) in [6.07, 6.45) is 0.634. The Morgan fingerprint density at radius 1 is 0.921 bits per heavy atom. The van der Waals surface area contributed by atoms with Crippen molar-refractivity contribution < 1.29 is 19.1 Å². The highest BCUT2D eigenvalue weighted by Crippen LogP contribution is 2.30. The van der Waals surface area contributed by atoms with E-state index < -0.39 is 0 Å². The second-order valence-corrected chi connectivity index (χ2v) is 10.3. The lowest BCUT2D eigenvalue weighted by atomic mass is 10.2. The van der Waals surface area contributed by atoms with E-state index >= 15 is 0 Å². The quantitative estimate of drug-likeness (QED) is 0.191. The Morgan fingerprint density at radius 2 is 1.68 bits per heavy atom. The molecule has 1 unspecified atom stereocenters. The van der Waals surface area contributed by atoms with Crippen molar-refractivity contribution >= 4 is 45.7 Å². The molecule has 9 heteroatoms. The smallest absolute Gasteiger partial charge is 0.262 e. The SMILES string of the molecule is CCOc1ccc(-c2csc(NC(=O)C(CC)Sc3cccc(NC(=O)COc4ccccc4)c3)n2)cc1. The van der Waals surface area contributed by atoms with Crippen LogP contribution in [0.15, 0.2) is 89.1 Å². The fourth-order valence-electron chi connectivity index (χ4n) is 3.53. The molecule has 1 heterocycles. The normalized spacial score (nSPS) is 11.4. The van der Waals surface area contributed by atoms with E-state index in [1.807, 2.05) is 86.0 Å². The minimum atomic E-state index is -0.319. The second-order valence-electron chi connectivity index (χ2n) is 8.18. The molecule has 38 heavy (non-hydrogen) atoms. The number of anilines is 2. The predicted molar refractivity (Wildman–Crippen MR) is 154 cm³/mol. The predicted octanol–water partition coefficient (Wildman–Crippen LogP) is 6.74. The van der Waals surface area contributed by atoms with Gasteiger partial charge in [0, 0.05) is 21.5 Å². The fraction of sp³-hybridized carbons (Fsp3) is 0.207. The number of ether oxygens (including phenoxy) is 2. The molecule has 3 aromatic carbocycles. The number of hydrogen-bond donors (Lipinski definition) is 2. The van der Waals surface area contributed by atoms with Gasteiger partial charge >= 0.3 is 0 Å². The Morgan fingerprint density at radius 3 is 2.42 bits per heavy atom. The molecule has 4 aromatic rings. The van der Waals surface area contributed by atoms with Crippen molar-refractivity contribution in [1.82, 2.24) is 4.98 Å². The van der Waals surface area contributed by atoms with Gasteiger partial charge in [-0.3, -0.25) is 9.59 Å². The van der Waals surface area contributed by atoms with Crippen molar-refractivity contribution in [2.45, 2.75) is 30.4 Å². The van der Waals surface area contributed by atoms with E-state index in [9.17, 15) is 9.59 Å². The van der Waals surface area contributed by atoms with Gasteiger partial charge in [-0.1, -0.05) is 31.2 Å². The number of rotatable bonds is 12. The van der Waals surface area contributed by atoms with Gasteiger partial charge in [0.2, 0.25) is 5.91 Å². The van der Waals surface area contributed by atoms with Crippen LogP contribution in [0.4, 0.5) is 10.8 Å². The third-order valence-electron chi connectivity index (χ3n) is 5.37. The molecule has 0 saturated carbocycles. The lowest BCUT2D eigenvalue weighted by Gasteiger charge is -2.14. The number of nitrogens with zero attached hydrogens (tertiary/aromatic N) is 1. The van der Waals surface area contributed by atoms with E-state index in [-0.39, 0.29) is 23.7 Å². The molecule has 0 radical (unpaired) electrons. The third-order valence-corrected chi connectivity index (χ3v) is 7.48. The van der Waals surface area contributed by atoms with E-state index in [2.05, 4.69) is 15.6 Å². The lowest BCUT2D eigenvalue weighted by Crippen LogP contribution is -2.24. The van der Waals surface area contributed by atoms with Crippen LogP contribution in [0.25, 0.3) is 11.3 Å². The molecule has 1 atom stereocenters. The van der Waals surface area contributed by atoms with E-state index in [1.165, 1.54) is 23.1 Å². The zero-order valence-electron chi connectivity index (χ0n) is 21.2. The van der Waals surface area contributed by atoms with Crippen molar-refractivity contribution in [1.29, 1.82) is 0 Å². The van der Waals surface area contributed by atoms with Gasteiger partial charge in [0.05, 0.1) is 17.6 Å². The van der Waals surface area contributed by atoms with Gasteiger partial charge in [-0.25, -0.2) is 4.98 Å². The first-order chi connectivity index (χ1) is 18.5. The van der Waals surface area contributed by atoms with E-state index in [0.717, 1.165) is 21.9 Å². The van der Waals surface area contributed by atoms with Gasteiger partial charge in [0.25, 0.3) is 5.91 Å². The van der Waals surface area contributed by atoms with Gasteiger partial charge < -0.3 is 20.1 Å². The van der Waals surface area contributed by atoms with Crippen LogP contribution in [0, 0.1) is 0 Å². The van der Waals surface area contributed by atoms with Crippen molar-refractivity contribution in [3.8, 4) is 22.8 Å². The van der Waals surface area contributed by atoms with Crippen LogP contribution in [0.1, 0.15) is 20.3 Å². The van der Waals surface area contributed by atoms with E-state index in [4.69, 9.17) is 9.47 Å². The first-order valence-electron chi connectivity index (χ1n) is 12.3. The number of aromatic nitrogens is 1. The molecule has 2 N–H and O–H groups in total. The van der Waals surface area contributed by atoms with Gasteiger partial charge in [0.15, 0.2) is 11.7 Å². The first kappa shape index (κ1) is 27.2. The zero-order valence-corrected chi connectivity index (χ0v) is 22.8. The van der Waals surface area contributed by atoms with Gasteiger partial charge in [-0.2, -0.15) is 0 Å². The summed E-state index contributed by atoms with van der Waals surface area (Å²) in [7, 11) is 0. The number of para-hydroxylation sites is 1. The first-order valence-corrected chi connectivity index (χ1v) is 14.0. The summed E-state index contributed by atoms with van der Waals surface area (Å²) >= 11 is 2.84. The highest BCUT2D eigenvalue weighted by molar-refractivity contribution is 8.00. The fourth-order valence-corrected chi connectivity index (χ4v) is 5.27. The van der Waals surface area contributed by atoms with Crippen molar-refractivity contribution in [3.63, 3.8) is 0 Å². The molecule has 0 aliphatic heterocycles. The Kier molecular flexibility index (Phi) is 9.77. The Hall–Kier alpha value is -3.82. The molecule has 1 aromatic heterocycles. The lowest BCUT2D eigenvalue weighted by molar-refractivity contribution is -0.118. The van der Waals surface area contributed by atoms with Crippen molar-refractivity contribution in [2.24, 2.45) is 0 Å². The number of carbonyl (C=O) groups is 2. The molecular formula is C29H29N3O4S2. The Balaban J connectivity index is 1.32. The van der Waals surface area contributed by atoms with Crippen LogP contribution in [-0.2, 0) is 9.59 Å². The van der Waals surface area contributed by atoms with Gasteiger partial charge in [-0.05, 0) is 67.9 Å². The number of amides is 2. The number of thiazole rings is 1. The zero-order chi connectivity index (χ0) is 26.7. The summed E-state index contributed by atoms with van der Waals surface area (Å²) in [5, 5.41) is 7.96. The summed E-state index contributed by atoms with van der Waals surface area (Å²) in [5.74, 6) is 1.08. The number of hydrogen-bond acceptors (Lipinski definition) is 7. The second kappa shape index (κ2) is 13.6. The Labute approximate surface area is 230 Å². The topological polar surface area (TPSA) is 89.6 Å². The maximum Gasteiger partial charge on any atom is 0.262 e. The molecule has 2 amide bonds. The molecule has 0 bridgehead atoms. The molecule has 196 valence electrons. The minimum absolute atomic E-state index is 0.0894. The van der Waals surface area contributed by atoms with Crippen LogP contribution in [0.2, 0.25) is 0 Å². The van der Waals surface area contributed by atoms with Crippen LogP contribution in [-0.4, -0.2) is 35.3 Å². The maximum atomic E-state index is 13.0. The molecule has 0 saturated heterocycles. The van der Waals surface area contributed by atoms with Crippen LogP contribution in [0.3, 0.4) is 0 Å². The van der Waals surface area contributed by atoms with Crippen LogP contribution < -0.4 is 20.1 Å². The number of carbonyl (C=O) groups excluding carboxylic acids is 2. The number of benzene rings is 3. The van der Waals surface area contributed by atoms with Gasteiger partial charge in [-0.15, -0.1) is 23.1 Å². The molecule has 0 spiro atoms. The maximum absolute atomic E-state index is 13.0. The molecule has 7 nitrogen and oxygen atoms in total. The molecular weight excluding hydrogens is 518 g/mol. The molecule has 0 aliphatic rings. The molecule has 0 fully saturated rings. The summed E-state index contributed by atoms with van der Waals surface area (Å²) in [4.78, 5) is 30.8. The third kappa shape index (κ3) is 7.84. The molecule has 0 aliphatic carbocycles. The monoisotopic (exact) mass is 547 g/mol. The van der Waals surface area contributed by atoms with Crippen molar-refractivity contribution in [2.75, 3.05) is 23.8 Å². The van der Waals surface area contributed by atoms with Crippen molar-refractivity contribution in [3.05, 3.63) is 84.2 Å². The summed E-state index contributed by atoms with van der Waals surface area (Å²) in [5.41, 5.74) is 2.40. The largest absolute Gasteiger partial charge is 0.494 e. The molecule has 4 rings (SSSR count). The van der Waals surface area contributed by atoms with Crippen LogP contribution in [0.5, 0.6) is 11.5 Å². The summed E-state index contributed by atoms with van der Waals surface area (Å²) < 4.78 is 11.0. The average molecular weight is 548 g/mol. The number of thioether (sulfide) groups is 1. The standard InChI is InChI=1S/C29H29N3O4S2/c1-3-26(28(34)32-29-31-25(19-37-29)20-13-15-23(16-14-20)35-4-2)38-24-12-8-9-21(17-24)30-27(33)18-36-22-10-6-5-7-11-22/h5-17,19,26H,3-4,18H2,1-2H3,(H,30,33)(H,31,32,34). The average Bonchev–Trinajstić information content (AvgIpc) is 3.40. The number of nitrogens with one attached hydrogen (secondary N) is 2. The van der Waals surface area contributed by atoms with Crippen LogP contribution >= 0.6 is 23.1 Å². The Bertz CT molecular complexity index is 1340. The van der Waals surface area contributed by atoms with Gasteiger partial charge in [0.1, 0.15) is 11.5 Å². The summed E-state index contributed by atoms with van der Waals surface area (Å²) in [6, 6.07) is 24.4. The summed E-state index contributed by atoms with van der Waals surface area (Å²) in [6.45, 7) is 4.44. The highest BCUT2D eigenvalue weighted by Gasteiger charge is 2.20. The highest BCUT2D eigenvalue weighted by atomic mass is 32.2.